The molecule has 5 rings (SSSR count). The van der Waals surface area contributed by atoms with Crippen molar-refractivity contribution < 1.29 is 13.9 Å². The molecule has 2 fully saturated rings. The molecule has 1 aromatic heterocycles. The molecule has 2 saturated heterocycles. The Morgan fingerprint density at radius 3 is 2.68 bits per heavy atom. The number of hydrogen-bond donors (Lipinski definition) is 1. The van der Waals surface area contributed by atoms with Crippen LogP contribution in [0.15, 0.2) is 41.3 Å². The number of halogens is 1. The van der Waals surface area contributed by atoms with E-state index in [4.69, 9.17) is 4.74 Å². The van der Waals surface area contributed by atoms with Crippen LogP contribution in [0.25, 0.3) is 0 Å². The molecule has 206 valence electrons. The summed E-state index contributed by atoms with van der Waals surface area (Å²) in [6, 6.07) is 8.74. The highest BCUT2D eigenvalue weighted by Gasteiger charge is 2.40. The number of rotatable bonds is 6. The van der Waals surface area contributed by atoms with E-state index in [2.05, 4.69) is 42.8 Å². The van der Waals surface area contributed by atoms with E-state index >= 15 is 0 Å². The zero-order valence-electron chi connectivity index (χ0n) is 23.0. The maximum atomic E-state index is 13.9. The first kappa shape index (κ1) is 27.0. The zero-order chi connectivity index (χ0) is 27.0. The maximum absolute atomic E-state index is 13.9. The topological polar surface area (TPSA) is 70.1 Å². The van der Waals surface area contributed by atoms with E-state index < -0.39 is 0 Å². The van der Waals surface area contributed by atoms with Crippen molar-refractivity contribution in [1.82, 2.24) is 19.7 Å². The summed E-state index contributed by atoms with van der Waals surface area (Å²) in [6.07, 6.45) is 1.81. The van der Waals surface area contributed by atoms with Crippen LogP contribution in [0.4, 0.5) is 10.1 Å². The first-order valence-corrected chi connectivity index (χ1v) is 13.7. The van der Waals surface area contributed by atoms with E-state index in [1.54, 1.807) is 29.0 Å². The zero-order valence-corrected chi connectivity index (χ0v) is 23.0. The highest BCUT2D eigenvalue weighted by atomic mass is 19.1. The quantitative estimate of drug-likeness (QED) is 0.623. The number of aromatic nitrogens is 1. The van der Waals surface area contributed by atoms with E-state index in [1.165, 1.54) is 12.1 Å². The van der Waals surface area contributed by atoms with Gasteiger partial charge in [-0.3, -0.25) is 19.4 Å². The molecule has 4 heterocycles. The molecule has 3 aliphatic rings. The van der Waals surface area contributed by atoms with Gasteiger partial charge in [0.2, 0.25) is 5.91 Å². The van der Waals surface area contributed by atoms with Crippen molar-refractivity contribution in [2.45, 2.75) is 57.8 Å². The number of pyridine rings is 1. The van der Waals surface area contributed by atoms with Crippen LogP contribution >= 0.6 is 0 Å². The highest BCUT2D eigenvalue weighted by Crippen LogP contribution is 2.39. The van der Waals surface area contributed by atoms with Crippen LogP contribution in [0.1, 0.15) is 38.8 Å². The summed E-state index contributed by atoms with van der Waals surface area (Å²) in [5.74, 6) is -0.255. The number of nitrogens with zero attached hydrogens (tertiary/aromatic N) is 4. The molecule has 0 saturated carbocycles. The van der Waals surface area contributed by atoms with Crippen molar-refractivity contribution in [3.8, 4) is 0 Å². The Morgan fingerprint density at radius 2 is 1.95 bits per heavy atom. The minimum atomic E-state index is -0.321. The van der Waals surface area contributed by atoms with Crippen molar-refractivity contribution >= 4 is 11.6 Å². The number of ether oxygens (including phenoxy) is 1. The van der Waals surface area contributed by atoms with Crippen LogP contribution < -0.4 is 15.8 Å². The largest absolute Gasteiger partial charge is 0.379 e. The van der Waals surface area contributed by atoms with Gasteiger partial charge in [-0.2, -0.15) is 0 Å². The van der Waals surface area contributed by atoms with Crippen molar-refractivity contribution in [3.05, 3.63) is 63.8 Å². The smallest absolute Gasteiger partial charge is 0.251 e. The number of carbonyl (C=O) groups excluding carboxylic acids is 1. The fourth-order valence-electron chi connectivity index (χ4n) is 5.98. The van der Waals surface area contributed by atoms with Gasteiger partial charge in [-0.1, -0.05) is 26.0 Å². The summed E-state index contributed by atoms with van der Waals surface area (Å²) in [6.45, 7) is 14.7. The summed E-state index contributed by atoms with van der Waals surface area (Å²) in [5.41, 5.74) is 2.09. The van der Waals surface area contributed by atoms with Gasteiger partial charge in [0, 0.05) is 68.5 Å². The van der Waals surface area contributed by atoms with Crippen molar-refractivity contribution in [3.63, 3.8) is 0 Å². The van der Waals surface area contributed by atoms with Gasteiger partial charge >= 0.3 is 0 Å². The number of carbonyl (C=O) groups is 1. The van der Waals surface area contributed by atoms with Crippen LogP contribution in [0.5, 0.6) is 0 Å². The lowest BCUT2D eigenvalue weighted by Crippen LogP contribution is -2.62. The minimum Gasteiger partial charge on any atom is -0.379 e. The molecule has 9 heteroatoms. The second kappa shape index (κ2) is 10.9. The lowest BCUT2D eigenvalue weighted by Gasteiger charge is -2.43. The molecule has 3 aliphatic heterocycles. The van der Waals surface area contributed by atoms with Crippen LogP contribution in [0.3, 0.4) is 0 Å². The van der Waals surface area contributed by atoms with Gasteiger partial charge in [0.05, 0.1) is 32.0 Å². The molecule has 1 N–H and O–H groups in total. The number of hydrogen-bond acceptors (Lipinski definition) is 6. The molecule has 0 bridgehead atoms. The van der Waals surface area contributed by atoms with Crippen LogP contribution in [-0.4, -0.2) is 90.9 Å². The number of amides is 1. The Balaban J connectivity index is 1.36. The molecule has 3 atom stereocenters. The molecule has 0 aliphatic carbocycles. The minimum absolute atomic E-state index is 0.0536. The monoisotopic (exact) mass is 525 g/mol. The number of morpholine rings is 1. The first-order chi connectivity index (χ1) is 18.1. The third-order valence-corrected chi connectivity index (χ3v) is 8.26. The van der Waals surface area contributed by atoms with Gasteiger partial charge in [0.15, 0.2) is 0 Å². The molecule has 1 amide bonds. The summed E-state index contributed by atoms with van der Waals surface area (Å²) < 4.78 is 20.6. The molecular formula is C29H40FN5O3. The van der Waals surface area contributed by atoms with Crippen LogP contribution in [-0.2, 0) is 21.5 Å². The van der Waals surface area contributed by atoms with E-state index in [-0.39, 0.29) is 28.7 Å². The number of fused-ring (bicyclic) bond motifs is 1. The van der Waals surface area contributed by atoms with Gasteiger partial charge in [-0.05, 0) is 37.1 Å². The van der Waals surface area contributed by atoms with Gasteiger partial charge in [-0.25, -0.2) is 4.39 Å². The van der Waals surface area contributed by atoms with Gasteiger partial charge in [0.25, 0.3) is 5.56 Å². The molecule has 2 aromatic rings. The maximum Gasteiger partial charge on any atom is 0.251 e. The number of anilines is 1. The Kier molecular flexibility index (Phi) is 7.73. The molecule has 38 heavy (non-hydrogen) atoms. The molecule has 0 radical (unpaired) electrons. The fraction of sp³-hybridized carbons (Fsp3) is 0.586. The predicted octanol–water partition coefficient (Wildman–Crippen LogP) is 2.04. The highest BCUT2D eigenvalue weighted by molar-refractivity contribution is 5.97. The van der Waals surface area contributed by atoms with Crippen molar-refractivity contribution in [2.24, 2.45) is 0 Å². The second-order valence-electron chi connectivity index (χ2n) is 11.8. The van der Waals surface area contributed by atoms with Crippen molar-refractivity contribution in [1.29, 1.82) is 0 Å². The average molecular weight is 526 g/mol. The Hall–Kier alpha value is -2.59. The number of nitrogens with one attached hydrogen (secondary N) is 1. The lowest BCUT2D eigenvalue weighted by molar-refractivity contribution is -0.121. The summed E-state index contributed by atoms with van der Waals surface area (Å²) in [5, 5.41) is 3.59. The van der Waals surface area contributed by atoms with Gasteiger partial charge < -0.3 is 19.5 Å². The van der Waals surface area contributed by atoms with Crippen LogP contribution in [0, 0.1) is 5.82 Å². The Labute approximate surface area is 224 Å². The summed E-state index contributed by atoms with van der Waals surface area (Å²) in [4.78, 5) is 33.5. The predicted molar refractivity (Wildman–Crippen MR) is 146 cm³/mol. The second-order valence-corrected chi connectivity index (χ2v) is 11.8. The Bertz CT molecular complexity index is 1210. The molecule has 8 nitrogen and oxygen atoms in total. The van der Waals surface area contributed by atoms with E-state index in [0.29, 0.717) is 31.7 Å². The lowest BCUT2D eigenvalue weighted by atomic mass is 9.87. The third-order valence-electron chi connectivity index (χ3n) is 8.26. The van der Waals surface area contributed by atoms with Crippen LogP contribution in [0.2, 0.25) is 0 Å². The van der Waals surface area contributed by atoms with E-state index in [9.17, 15) is 14.0 Å². The third kappa shape index (κ3) is 5.71. The first-order valence-electron chi connectivity index (χ1n) is 13.7. The molecule has 0 unspecified atom stereocenters. The average Bonchev–Trinajstić information content (AvgIpc) is 3.13. The fourth-order valence-corrected chi connectivity index (χ4v) is 5.98. The van der Waals surface area contributed by atoms with Gasteiger partial charge in [-0.15, -0.1) is 0 Å². The number of benzene rings is 1. The van der Waals surface area contributed by atoms with Crippen molar-refractivity contribution in [2.75, 3.05) is 57.4 Å². The molecule has 1 aromatic carbocycles. The van der Waals surface area contributed by atoms with E-state index in [0.717, 1.165) is 56.2 Å². The normalized spacial score (nSPS) is 25.9. The number of piperazine rings is 1. The molecular weight excluding hydrogens is 485 g/mol. The molecule has 0 spiro atoms. The SMILES string of the molecule is C[C@@H]1CN(CC(=O)N2CC(C)(C)c3cc(=O)n(Cc4ccc(F)cc4)cc32)[C@@H](CN2CCOC[C@H]2C)CN1. The summed E-state index contributed by atoms with van der Waals surface area (Å²) >= 11 is 0. The van der Waals surface area contributed by atoms with E-state index in [1.807, 2.05) is 4.90 Å². The Morgan fingerprint density at radius 1 is 1.18 bits per heavy atom. The van der Waals surface area contributed by atoms with Gasteiger partial charge in [0.1, 0.15) is 5.82 Å². The summed E-state index contributed by atoms with van der Waals surface area (Å²) in [7, 11) is 0. The standard InChI is InChI=1S/C29H40FN5O3/c1-20-13-33(24(12-31-20)15-32-9-10-38-18-21(32)2)17-28(37)35-19-29(3,4)25-11-27(36)34(16-26(25)35)14-22-5-7-23(30)8-6-22/h5-8,11,16,20-21,24,31H,9-10,12-15,17-19H2,1-4H3/t20-,21-,24-/m1/s1.